The number of aliphatic hydroxyl groups excluding tert-OH is 11. The molecule has 19 heteroatoms. The van der Waals surface area contributed by atoms with Gasteiger partial charge in [-0.25, -0.2) is 0 Å². The number of aliphatic hydroxyl groups is 11. The van der Waals surface area contributed by atoms with E-state index in [2.05, 4.69) is 55.6 Å². The first-order valence-electron chi connectivity index (χ1n) is 32.7. The molecule has 19 nitrogen and oxygen atoms in total. The number of rotatable bonds is 49. The van der Waals surface area contributed by atoms with Crippen LogP contribution in [0.5, 0.6) is 0 Å². The highest BCUT2D eigenvalue weighted by molar-refractivity contribution is 5.76. The van der Waals surface area contributed by atoms with E-state index < -0.39 is 124 Å². The Kier molecular flexibility index (Phi) is 42.7. The number of amides is 1. The van der Waals surface area contributed by atoms with Crippen molar-refractivity contribution in [1.29, 1.82) is 0 Å². The normalized spacial score (nSPS) is 29.6. The van der Waals surface area contributed by atoms with Gasteiger partial charge in [-0.15, -0.1) is 0 Å². The van der Waals surface area contributed by atoms with Crippen molar-refractivity contribution in [2.45, 2.75) is 336 Å². The van der Waals surface area contributed by atoms with Crippen LogP contribution in [0.15, 0.2) is 36.5 Å². The van der Waals surface area contributed by atoms with E-state index in [9.17, 15) is 61.0 Å². The molecule has 0 bridgehead atoms. The Morgan fingerprint density at radius 2 is 0.795 bits per heavy atom. The van der Waals surface area contributed by atoms with E-state index in [4.69, 9.17) is 28.4 Å². The number of carbonyl (C=O) groups excluding carboxylic acids is 1. The fourth-order valence-electron chi connectivity index (χ4n) is 11.1. The van der Waals surface area contributed by atoms with Crippen LogP contribution in [0.25, 0.3) is 0 Å². The fraction of sp³-hybridized carbons (Fsp3) is 0.891. The molecule has 0 spiro atoms. The van der Waals surface area contributed by atoms with Crippen LogP contribution >= 0.6 is 0 Å². The Labute approximate surface area is 498 Å². The summed E-state index contributed by atoms with van der Waals surface area (Å²) < 4.78 is 34.2. The van der Waals surface area contributed by atoms with Crippen molar-refractivity contribution < 1.29 is 89.4 Å². The first-order chi connectivity index (χ1) is 40.3. The molecule has 83 heavy (non-hydrogen) atoms. The Hall–Kier alpha value is -1.99. The van der Waals surface area contributed by atoms with E-state index in [-0.39, 0.29) is 18.9 Å². The summed E-state index contributed by atoms with van der Waals surface area (Å²) in [6.07, 6.45) is 25.8. The summed E-state index contributed by atoms with van der Waals surface area (Å²) in [6, 6.07) is -0.883. The maximum atomic E-state index is 13.3. The summed E-state index contributed by atoms with van der Waals surface area (Å²) in [5.74, 6) is -0.247. The van der Waals surface area contributed by atoms with Gasteiger partial charge in [0.15, 0.2) is 18.9 Å². The molecular weight excluding hydrogens is 1070 g/mol. The quantitative estimate of drug-likeness (QED) is 0.0211. The number of ether oxygens (including phenoxy) is 6. The first-order valence-corrected chi connectivity index (χ1v) is 32.7. The molecule has 0 aliphatic carbocycles. The van der Waals surface area contributed by atoms with Crippen molar-refractivity contribution in [3.63, 3.8) is 0 Å². The van der Waals surface area contributed by atoms with Crippen LogP contribution in [0.2, 0.25) is 0 Å². The zero-order valence-corrected chi connectivity index (χ0v) is 50.9. The Morgan fingerprint density at radius 1 is 0.434 bits per heavy atom. The molecule has 12 N–H and O–H groups in total. The molecule has 3 rings (SSSR count). The van der Waals surface area contributed by atoms with Crippen LogP contribution in [0.4, 0.5) is 0 Å². The standard InChI is InChI=1S/C64H117NO18/c1-3-5-7-9-11-12-13-14-15-16-17-18-19-20-21-22-23-24-25-26-27-28-29-30-31-32-33-34-36-38-40-42-52(70)65-47(48(69)41-39-37-35-10-8-6-4-2)46-78-62-58(76)55(73)60(50(44-67)80-62)83-64-59(77)56(74)61(51(45-68)81-64)82-63-57(75)54(72)53(71)49(43-66)79-63/h13-14,16-17,19-20,47-51,53-64,66-69,71-77H,3-12,15,18,21-46H2,1-2H3,(H,65,70)/b14-13-,17-16-,20-19-. The SMILES string of the molecule is CCCCCCC/C=C\C/C=C\C/C=C\CCCCCCCCCCCCCCCCCCC(=O)NC(COC1OC(CO)C(OC2OC(CO)C(OC3OC(CO)C(O)C(O)C3O)C(O)C2O)C(O)C1O)C(O)CCCCCCCCC. The van der Waals surface area contributed by atoms with Gasteiger partial charge in [-0.1, -0.05) is 211 Å². The number of allylic oxidation sites excluding steroid dienone is 6. The van der Waals surface area contributed by atoms with E-state index >= 15 is 0 Å². The lowest BCUT2D eigenvalue weighted by atomic mass is 9.96. The zero-order chi connectivity index (χ0) is 60.5. The van der Waals surface area contributed by atoms with Crippen molar-refractivity contribution in [3.8, 4) is 0 Å². The molecule has 17 atom stereocenters. The molecule has 3 heterocycles. The highest BCUT2D eigenvalue weighted by Crippen LogP contribution is 2.33. The molecule has 486 valence electrons. The van der Waals surface area contributed by atoms with Gasteiger partial charge in [-0.05, 0) is 51.4 Å². The largest absolute Gasteiger partial charge is 0.394 e. The van der Waals surface area contributed by atoms with Crippen LogP contribution in [0.3, 0.4) is 0 Å². The molecule has 3 aliphatic rings. The molecule has 0 aromatic rings. The van der Waals surface area contributed by atoms with Gasteiger partial charge >= 0.3 is 0 Å². The maximum absolute atomic E-state index is 13.3. The second-order valence-corrected chi connectivity index (χ2v) is 23.6. The summed E-state index contributed by atoms with van der Waals surface area (Å²) in [4.78, 5) is 13.3. The number of unbranched alkanes of at least 4 members (excludes halogenated alkanes) is 27. The summed E-state index contributed by atoms with van der Waals surface area (Å²) >= 11 is 0. The molecular formula is C64H117NO18. The lowest BCUT2D eigenvalue weighted by molar-refractivity contribution is -0.379. The minimum absolute atomic E-state index is 0.247. The van der Waals surface area contributed by atoms with Gasteiger partial charge in [0.2, 0.25) is 5.91 Å². The van der Waals surface area contributed by atoms with Gasteiger partial charge in [-0.2, -0.15) is 0 Å². The summed E-state index contributed by atoms with van der Waals surface area (Å²) in [6.45, 7) is 1.72. The van der Waals surface area contributed by atoms with Gasteiger partial charge < -0.3 is 89.9 Å². The molecule has 1 amide bonds. The summed E-state index contributed by atoms with van der Waals surface area (Å²) in [7, 11) is 0. The first kappa shape index (κ1) is 75.3. The highest BCUT2D eigenvalue weighted by atomic mass is 16.8. The van der Waals surface area contributed by atoms with Crippen LogP contribution in [-0.2, 0) is 33.2 Å². The smallest absolute Gasteiger partial charge is 0.220 e. The van der Waals surface area contributed by atoms with E-state index in [0.29, 0.717) is 12.8 Å². The zero-order valence-electron chi connectivity index (χ0n) is 50.9. The third-order valence-corrected chi connectivity index (χ3v) is 16.5. The minimum Gasteiger partial charge on any atom is -0.394 e. The van der Waals surface area contributed by atoms with E-state index in [1.54, 1.807) is 0 Å². The van der Waals surface area contributed by atoms with Gasteiger partial charge in [0.05, 0.1) is 38.6 Å². The second-order valence-electron chi connectivity index (χ2n) is 23.6. The summed E-state index contributed by atoms with van der Waals surface area (Å²) in [5, 5.41) is 120. The van der Waals surface area contributed by atoms with E-state index in [1.807, 2.05) is 0 Å². The molecule has 3 fully saturated rings. The molecule has 0 aromatic carbocycles. The maximum Gasteiger partial charge on any atom is 0.220 e. The molecule has 3 saturated heterocycles. The molecule has 0 saturated carbocycles. The minimum atomic E-state index is -1.97. The number of hydrogen-bond acceptors (Lipinski definition) is 18. The van der Waals surface area contributed by atoms with Crippen molar-refractivity contribution in [3.05, 3.63) is 36.5 Å². The summed E-state index contributed by atoms with van der Waals surface area (Å²) in [5.41, 5.74) is 0. The number of nitrogens with one attached hydrogen (secondary N) is 1. The van der Waals surface area contributed by atoms with Gasteiger partial charge in [0.25, 0.3) is 0 Å². The fourth-order valence-corrected chi connectivity index (χ4v) is 11.1. The van der Waals surface area contributed by atoms with Crippen molar-refractivity contribution in [2.24, 2.45) is 0 Å². The Morgan fingerprint density at radius 3 is 1.24 bits per heavy atom. The monoisotopic (exact) mass is 1190 g/mol. The van der Waals surface area contributed by atoms with Crippen LogP contribution < -0.4 is 5.32 Å². The predicted octanol–water partition coefficient (Wildman–Crippen LogP) is 7.27. The number of carbonyl (C=O) groups is 1. The van der Waals surface area contributed by atoms with Gasteiger partial charge in [-0.3, -0.25) is 4.79 Å². The second kappa shape index (κ2) is 47.1. The van der Waals surface area contributed by atoms with Crippen molar-refractivity contribution >= 4 is 5.91 Å². The topological polar surface area (TPSA) is 307 Å². The third-order valence-electron chi connectivity index (χ3n) is 16.5. The Balaban J connectivity index is 1.32. The van der Waals surface area contributed by atoms with E-state index in [1.165, 1.54) is 128 Å². The van der Waals surface area contributed by atoms with E-state index in [0.717, 1.165) is 70.6 Å². The lowest BCUT2D eigenvalue weighted by Crippen LogP contribution is -2.66. The third kappa shape index (κ3) is 30.2. The molecule has 17 unspecified atom stereocenters. The van der Waals surface area contributed by atoms with Crippen molar-refractivity contribution in [1.82, 2.24) is 5.32 Å². The van der Waals surface area contributed by atoms with Crippen LogP contribution in [-0.4, -0.2) is 193 Å². The van der Waals surface area contributed by atoms with Crippen LogP contribution in [0.1, 0.15) is 232 Å². The molecule has 0 aromatic heterocycles. The molecule has 3 aliphatic heterocycles. The highest BCUT2D eigenvalue weighted by Gasteiger charge is 2.53. The number of hydrogen-bond donors (Lipinski definition) is 12. The lowest BCUT2D eigenvalue weighted by Gasteiger charge is -2.48. The van der Waals surface area contributed by atoms with Crippen LogP contribution in [0, 0.1) is 0 Å². The van der Waals surface area contributed by atoms with Gasteiger partial charge in [0.1, 0.15) is 73.2 Å². The average molecular weight is 1190 g/mol. The van der Waals surface area contributed by atoms with Crippen molar-refractivity contribution in [2.75, 3.05) is 26.4 Å². The molecule has 0 radical (unpaired) electrons. The average Bonchev–Trinajstić information content (AvgIpc) is 3.69. The van der Waals surface area contributed by atoms with Gasteiger partial charge in [0, 0.05) is 6.42 Å². The predicted molar refractivity (Wildman–Crippen MR) is 319 cm³/mol. The Bertz CT molecular complexity index is 1660.